The predicted octanol–water partition coefficient (Wildman–Crippen LogP) is 6.39. The normalized spacial score (nSPS) is 18.0. The number of aryl methyl sites for hydroxylation is 1. The molecule has 0 aromatic heterocycles. The average molecular weight is 365 g/mol. The third-order valence-corrected chi connectivity index (χ3v) is 6.02. The van der Waals surface area contributed by atoms with E-state index in [1.54, 1.807) is 12.1 Å². The van der Waals surface area contributed by atoms with Gasteiger partial charge in [0.1, 0.15) is 12.1 Å². The number of fused-ring (bicyclic) bond motifs is 1. The molecule has 0 spiro atoms. The number of halogens is 1. The lowest BCUT2D eigenvalue weighted by molar-refractivity contribution is -0.103. The summed E-state index contributed by atoms with van der Waals surface area (Å²) in [7, 11) is 0. The molecule has 0 atom stereocenters. The van der Waals surface area contributed by atoms with E-state index in [-0.39, 0.29) is 16.6 Å². The molecule has 1 nitrogen and oxygen atoms in total. The summed E-state index contributed by atoms with van der Waals surface area (Å²) in [5.74, 6) is -0.288. The number of hydrogen-bond acceptors (Lipinski definition) is 1. The maximum Gasteiger partial charge on any atom is 0.150 e. The second kappa shape index (κ2) is 7.42. The van der Waals surface area contributed by atoms with Crippen molar-refractivity contribution in [2.24, 2.45) is 0 Å². The van der Waals surface area contributed by atoms with Gasteiger partial charge in [0, 0.05) is 5.57 Å². The first-order valence-corrected chi connectivity index (χ1v) is 9.78. The van der Waals surface area contributed by atoms with E-state index >= 15 is 0 Å². The van der Waals surface area contributed by atoms with Crippen molar-refractivity contribution >= 4 is 11.9 Å². The molecule has 0 N–H and O–H groups in total. The summed E-state index contributed by atoms with van der Waals surface area (Å²) in [5.41, 5.74) is 6.07. The number of aldehydes is 1. The monoisotopic (exact) mass is 364 g/mol. The van der Waals surface area contributed by atoms with E-state index in [2.05, 4.69) is 45.9 Å². The lowest BCUT2D eigenvalue weighted by atomic mass is 9.63. The summed E-state index contributed by atoms with van der Waals surface area (Å²) in [6, 6.07) is 13.0. The first-order valence-electron chi connectivity index (χ1n) is 9.78. The second-order valence-corrected chi connectivity index (χ2v) is 8.97. The molecule has 142 valence electrons. The molecule has 0 fully saturated rings. The predicted molar refractivity (Wildman–Crippen MR) is 110 cm³/mol. The Hall–Kier alpha value is -2.22. The molecule has 1 aliphatic carbocycles. The van der Waals surface area contributed by atoms with Crippen LogP contribution in [0.2, 0.25) is 0 Å². The van der Waals surface area contributed by atoms with Crippen molar-refractivity contribution in [2.45, 2.75) is 64.2 Å². The highest BCUT2D eigenvalue weighted by atomic mass is 19.1. The maximum atomic E-state index is 13.1. The van der Waals surface area contributed by atoms with E-state index in [1.807, 2.05) is 6.08 Å². The molecule has 0 saturated heterocycles. The van der Waals surface area contributed by atoms with Crippen molar-refractivity contribution in [3.05, 3.63) is 76.6 Å². The minimum absolute atomic E-state index is 0.207. The first-order chi connectivity index (χ1) is 12.7. The quantitative estimate of drug-likeness (QED) is 0.444. The van der Waals surface area contributed by atoms with Crippen LogP contribution in [0.25, 0.3) is 5.57 Å². The van der Waals surface area contributed by atoms with Crippen LogP contribution in [-0.2, 0) is 22.0 Å². The van der Waals surface area contributed by atoms with Gasteiger partial charge in [-0.15, -0.1) is 0 Å². The molecule has 2 aromatic rings. The zero-order valence-electron chi connectivity index (χ0n) is 16.8. The molecule has 0 radical (unpaired) electrons. The van der Waals surface area contributed by atoms with Crippen LogP contribution in [0.15, 0.2) is 48.5 Å². The zero-order valence-corrected chi connectivity index (χ0v) is 16.8. The Bertz CT molecular complexity index is 856. The van der Waals surface area contributed by atoms with Gasteiger partial charge in [-0.1, -0.05) is 64.1 Å². The van der Waals surface area contributed by atoms with Crippen LogP contribution in [0.4, 0.5) is 4.39 Å². The van der Waals surface area contributed by atoms with Crippen molar-refractivity contribution < 1.29 is 9.18 Å². The van der Waals surface area contributed by atoms with Crippen LogP contribution in [0, 0.1) is 5.82 Å². The summed E-state index contributed by atoms with van der Waals surface area (Å²) in [4.78, 5) is 11.4. The highest BCUT2D eigenvalue weighted by Gasteiger charge is 2.36. The van der Waals surface area contributed by atoms with E-state index in [0.717, 1.165) is 24.7 Å². The van der Waals surface area contributed by atoms with Gasteiger partial charge in [-0.2, -0.15) is 0 Å². The molecule has 0 amide bonds. The fraction of sp³-hybridized carbons (Fsp3) is 0.400. The van der Waals surface area contributed by atoms with Crippen LogP contribution >= 0.6 is 0 Å². The molecule has 0 saturated carbocycles. The van der Waals surface area contributed by atoms with Gasteiger partial charge in [-0.25, -0.2) is 4.39 Å². The maximum absolute atomic E-state index is 13.1. The molecular weight excluding hydrogens is 335 g/mol. The molecule has 27 heavy (non-hydrogen) atoms. The van der Waals surface area contributed by atoms with E-state index in [9.17, 15) is 9.18 Å². The Morgan fingerprint density at radius 3 is 2.22 bits per heavy atom. The topological polar surface area (TPSA) is 17.1 Å². The third-order valence-electron chi connectivity index (χ3n) is 6.02. The van der Waals surface area contributed by atoms with Gasteiger partial charge in [0.05, 0.1) is 0 Å². The number of carbonyl (C=O) groups excluding carboxylic acids is 1. The summed E-state index contributed by atoms with van der Waals surface area (Å²) in [6.07, 6.45) is 6.91. The smallest absolute Gasteiger partial charge is 0.150 e. The molecule has 3 rings (SSSR count). The van der Waals surface area contributed by atoms with Gasteiger partial charge in [0.2, 0.25) is 0 Å². The van der Waals surface area contributed by atoms with Crippen LogP contribution in [-0.4, -0.2) is 6.29 Å². The summed E-state index contributed by atoms with van der Waals surface area (Å²) < 4.78 is 13.1. The third kappa shape index (κ3) is 4.21. The Morgan fingerprint density at radius 1 is 0.963 bits per heavy atom. The van der Waals surface area contributed by atoms with E-state index < -0.39 is 0 Å². The van der Waals surface area contributed by atoms with Gasteiger partial charge >= 0.3 is 0 Å². The fourth-order valence-corrected chi connectivity index (χ4v) is 4.06. The Kier molecular flexibility index (Phi) is 5.37. The fourth-order valence-electron chi connectivity index (χ4n) is 4.06. The van der Waals surface area contributed by atoms with Gasteiger partial charge in [-0.3, -0.25) is 4.79 Å². The molecule has 0 unspecified atom stereocenters. The van der Waals surface area contributed by atoms with E-state index in [1.165, 1.54) is 41.7 Å². The molecule has 0 aliphatic heterocycles. The Balaban J connectivity index is 1.79. The number of allylic oxidation sites excluding steroid dienone is 2. The van der Waals surface area contributed by atoms with Crippen LogP contribution < -0.4 is 0 Å². The van der Waals surface area contributed by atoms with Crippen LogP contribution in [0.1, 0.15) is 69.2 Å². The van der Waals surface area contributed by atoms with Crippen LogP contribution in [0.5, 0.6) is 0 Å². The molecule has 0 heterocycles. The molecule has 1 aliphatic rings. The van der Waals surface area contributed by atoms with Gasteiger partial charge in [0.25, 0.3) is 0 Å². The Morgan fingerprint density at radius 2 is 1.59 bits per heavy atom. The lowest BCUT2D eigenvalue weighted by Gasteiger charge is -2.42. The lowest BCUT2D eigenvalue weighted by Crippen LogP contribution is -2.33. The van der Waals surface area contributed by atoms with Crippen molar-refractivity contribution in [1.82, 2.24) is 0 Å². The second-order valence-electron chi connectivity index (χ2n) is 8.97. The number of hydrogen-bond donors (Lipinski definition) is 0. The van der Waals surface area contributed by atoms with Crippen LogP contribution in [0.3, 0.4) is 0 Å². The average Bonchev–Trinajstić information content (AvgIpc) is 2.64. The highest BCUT2D eigenvalue weighted by molar-refractivity contribution is 6.06. The van der Waals surface area contributed by atoms with Gasteiger partial charge in [-0.05, 0) is 70.9 Å². The van der Waals surface area contributed by atoms with E-state index in [0.29, 0.717) is 5.57 Å². The summed E-state index contributed by atoms with van der Waals surface area (Å²) >= 11 is 0. The number of benzene rings is 2. The SMILES string of the molecule is CC1(C)CCC(C)(C)c2cc(CCC=C(C=O)c3ccc(F)cc3)ccc21. The number of rotatable bonds is 5. The standard InChI is InChI=1S/C25H29FO/c1-24(2)14-15-25(3,4)23-16-18(8-13-22(23)24)6-5-7-20(17-27)19-9-11-21(26)12-10-19/h7-13,16-17H,5-6,14-15H2,1-4H3. The molecule has 0 bridgehead atoms. The minimum Gasteiger partial charge on any atom is -0.298 e. The van der Waals surface area contributed by atoms with E-state index in [4.69, 9.17) is 0 Å². The van der Waals surface area contributed by atoms with Gasteiger partial charge in [0.15, 0.2) is 0 Å². The Labute approximate surface area is 162 Å². The molecule has 2 heteroatoms. The molecule has 2 aromatic carbocycles. The highest BCUT2D eigenvalue weighted by Crippen LogP contribution is 2.45. The van der Waals surface area contributed by atoms with Crippen molar-refractivity contribution in [3.8, 4) is 0 Å². The van der Waals surface area contributed by atoms with Crippen molar-refractivity contribution in [1.29, 1.82) is 0 Å². The van der Waals surface area contributed by atoms with Gasteiger partial charge < -0.3 is 0 Å². The van der Waals surface area contributed by atoms with Crippen molar-refractivity contribution in [2.75, 3.05) is 0 Å². The molecular formula is C25H29FO. The minimum atomic E-state index is -0.288. The number of carbonyl (C=O) groups is 1. The largest absolute Gasteiger partial charge is 0.298 e. The van der Waals surface area contributed by atoms with Crippen molar-refractivity contribution in [3.63, 3.8) is 0 Å². The summed E-state index contributed by atoms with van der Waals surface area (Å²) in [5, 5.41) is 0. The first kappa shape index (κ1) is 19.5. The zero-order chi connectivity index (χ0) is 19.7. The summed E-state index contributed by atoms with van der Waals surface area (Å²) in [6.45, 7) is 9.35.